The molecule has 0 saturated heterocycles. The van der Waals surface area contributed by atoms with Gasteiger partial charge in [0.05, 0.1) is 10.7 Å². The topological polar surface area (TPSA) is 84.2 Å². The van der Waals surface area contributed by atoms with Crippen molar-refractivity contribution in [2.45, 2.75) is 0 Å². The van der Waals surface area contributed by atoms with E-state index in [9.17, 15) is 9.59 Å². The van der Waals surface area contributed by atoms with Gasteiger partial charge in [-0.2, -0.15) is 0 Å². The molecule has 5 nitrogen and oxygen atoms in total. The van der Waals surface area contributed by atoms with Gasteiger partial charge in [-0.25, -0.2) is 0 Å². The quantitative estimate of drug-likeness (QED) is 0.492. The first kappa shape index (κ1) is 15.8. The highest BCUT2D eigenvalue weighted by Gasteiger charge is 2.16. The molecule has 6 heteroatoms. The Labute approximate surface area is 143 Å². The van der Waals surface area contributed by atoms with Crippen LogP contribution in [0, 0.1) is 0 Å². The summed E-state index contributed by atoms with van der Waals surface area (Å²) in [6, 6.07) is 17.7. The fourth-order valence-electron chi connectivity index (χ4n) is 2.33. The first-order chi connectivity index (χ1) is 11.5. The van der Waals surface area contributed by atoms with Crippen LogP contribution in [0.1, 0.15) is 0 Å². The lowest BCUT2D eigenvalue weighted by Crippen LogP contribution is -2.29. The minimum Gasteiger partial charge on any atom is -0.399 e. The average molecular weight is 340 g/mol. The molecule has 120 valence electrons. The number of fused-ring (bicyclic) bond motifs is 1. The van der Waals surface area contributed by atoms with E-state index in [1.807, 2.05) is 36.4 Å². The Kier molecular flexibility index (Phi) is 4.35. The number of benzene rings is 3. The minimum atomic E-state index is -0.811. The molecular weight excluding hydrogens is 326 g/mol. The van der Waals surface area contributed by atoms with Gasteiger partial charge in [0.15, 0.2) is 0 Å². The van der Waals surface area contributed by atoms with Gasteiger partial charge in [-0.05, 0) is 29.7 Å². The second-order valence-corrected chi connectivity index (χ2v) is 5.58. The molecule has 3 aromatic carbocycles. The van der Waals surface area contributed by atoms with Crippen LogP contribution in [-0.2, 0) is 9.59 Å². The predicted octanol–water partition coefficient (Wildman–Crippen LogP) is 3.65. The Balaban J connectivity index is 1.77. The van der Waals surface area contributed by atoms with Crippen molar-refractivity contribution in [3.63, 3.8) is 0 Å². The zero-order chi connectivity index (χ0) is 17.1. The number of carbonyl (C=O) groups is 2. The lowest BCUT2D eigenvalue weighted by atomic mass is 10.1. The summed E-state index contributed by atoms with van der Waals surface area (Å²) in [4.78, 5) is 24.2. The molecule has 0 aliphatic rings. The van der Waals surface area contributed by atoms with E-state index >= 15 is 0 Å². The molecule has 0 aliphatic heterocycles. The maximum Gasteiger partial charge on any atom is 0.314 e. The largest absolute Gasteiger partial charge is 0.399 e. The lowest BCUT2D eigenvalue weighted by molar-refractivity contribution is -0.132. The highest BCUT2D eigenvalue weighted by Crippen LogP contribution is 2.25. The maximum atomic E-state index is 12.1. The van der Waals surface area contributed by atoms with Crippen LogP contribution in [0.25, 0.3) is 10.8 Å². The van der Waals surface area contributed by atoms with Gasteiger partial charge in [-0.1, -0.05) is 48.0 Å². The Morgan fingerprint density at radius 1 is 0.833 bits per heavy atom. The van der Waals surface area contributed by atoms with Crippen LogP contribution < -0.4 is 16.4 Å². The second-order valence-electron chi connectivity index (χ2n) is 5.17. The molecule has 0 fully saturated rings. The number of nitrogens with two attached hydrogens (primary N) is 1. The number of nitrogens with one attached hydrogen (secondary N) is 2. The fourth-order valence-corrected chi connectivity index (χ4v) is 2.56. The van der Waals surface area contributed by atoms with Gasteiger partial charge >= 0.3 is 11.8 Å². The molecule has 4 N–H and O–H groups in total. The van der Waals surface area contributed by atoms with E-state index in [2.05, 4.69) is 10.6 Å². The van der Waals surface area contributed by atoms with Gasteiger partial charge in [0.2, 0.25) is 0 Å². The molecule has 0 aromatic heterocycles. The number of anilines is 3. The molecule has 24 heavy (non-hydrogen) atoms. The molecule has 0 heterocycles. The minimum absolute atomic E-state index is 0.265. The Hall–Kier alpha value is -3.05. The molecule has 0 saturated carbocycles. The number of halogens is 1. The number of hydrogen-bond acceptors (Lipinski definition) is 3. The molecule has 0 aliphatic carbocycles. The van der Waals surface area contributed by atoms with Crippen LogP contribution in [0.4, 0.5) is 17.1 Å². The summed E-state index contributed by atoms with van der Waals surface area (Å²) in [6.45, 7) is 0. The van der Waals surface area contributed by atoms with Crippen molar-refractivity contribution in [2.75, 3.05) is 16.4 Å². The Morgan fingerprint density at radius 3 is 2.25 bits per heavy atom. The van der Waals surface area contributed by atoms with Crippen molar-refractivity contribution >= 4 is 51.2 Å². The second kappa shape index (κ2) is 6.60. The molecule has 0 radical (unpaired) electrons. The summed E-state index contributed by atoms with van der Waals surface area (Å²) >= 11 is 5.99. The van der Waals surface area contributed by atoms with Crippen molar-refractivity contribution in [1.82, 2.24) is 0 Å². The number of amides is 2. The molecule has 0 spiro atoms. The van der Waals surface area contributed by atoms with E-state index in [1.165, 1.54) is 6.07 Å². The summed E-state index contributed by atoms with van der Waals surface area (Å²) < 4.78 is 0. The van der Waals surface area contributed by atoms with E-state index in [1.54, 1.807) is 18.2 Å². The summed E-state index contributed by atoms with van der Waals surface area (Å²) in [5, 5.41) is 7.17. The number of carbonyl (C=O) groups excluding carboxylic acids is 2. The summed E-state index contributed by atoms with van der Waals surface area (Å²) in [5.74, 6) is -1.59. The summed E-state index contributed by atoms with van der Waals surface area (Å²) in [6.07, 6.45) is 0. The third-order valence-corrected chi connectivity index (χ3v) is 3.80. The normalized spacial score (nSPS) is 10.4. The SMILES string of the molecule is Nc1ccc(NC(=O)C(=O)Nc2cccc3ccccc23)c(Cl)c1. The van der Waals surface area contributed by atoms with Crippen molar-refractivity contribution in [3.8, 4) is 0 Å². The van der Waals surface area contributed by atoms with E-state index in [4.69, 9.17) is 17.3 Å². The Morgan fingerprint density at radius 2 is 1.50 bits per heavy atom. The van der Waals surface area contributed by atoms with Crippen LogP contribution in [0.2, 0.25) is 5.02 Å². The van der Waals surface area contributed by atoms with Crippen molar-refractivity contribution in [1.29, 1.82) is 0 Å². The van der Waals surface area contributed by atoms with Crippen LogP contribution >= 0.6 is 11.6 Å². The van der Waals surface area contributed by atoms with Crippen molar-refractivity contribution in [3.05, 3.63) is 65.7 Å². The lowest BCUT2D eigenvalue weighted by Gasteiger charge is -2.10. The molecule has 0 bridgehead atoms. The first-order valence-electron chi connectivity index (χ1n) is 7.20. The Bertz CT molecular complexity index is 935. The number of rotatable bonds is 2. The van der Waals surface area contributed by atoms with Gasteiger partial charge in [0, 0.05) is 16.8 Å². The highest BCUT2D eigenvalue weighted by molar-refractivity contribution is 6.45. The highest BCUT2D eigenvalue weighted by atomic mass is 35.5. The van der Waals surface area contributed by atoms with E-state index in [0.29, 0.717) is 17.1 Å². The predicted molar refractivity (Wildman–Crippen MR) is 97.1 cm³/mol. The van der Waals surface area contributed by atoms with Crippen LogP contribution in [-0.4, -0.2) is 11.8 Å². The van der Waals surface area contributed by atoms with Gasteiger partial charge in [-0.3, -0.25) is 9.59 Å². The molecule has 3 aromatic rings. The molecule has 2 amide bonds. The van der Waals surface area contributed by atoms with Crippen molar-refractivity contribution in [2.24, 2.45) is 0 Å². The zero-order valence-corrected chi connectivity index (χ0v) is 13.3. The monoisotopic (exact) mass is 339 g/mol. The fraction of sp³-hybridized carbons (Fsp3) is 0. The third-order valence-electron chi connectivity index (χ3n) is 3.49. The summed E-state index contributed by atoms with van der Waals surface area (Å²) in [7, 11) is 0. The number of nitrogen functional groups attached to an aromatic ring is 1. The molecule has 0 atom stereocenters. The van der Waals surface area contributed by atoms with Gasteiger partial charge in [0.25, 0.3) is 0 Å². The maximum absolute atomic E-state index is 12.1. The third kappa shape index (κ3) is 3.31. The smallest absolute Gasteiger partial charge is 0.314 e. The van der Waals surface area contributed by atoms with E-state index < -0.39 is 11.8 Å². The van der Waals surface area contributed by atoms with Crippen molar-refractivity contribution < 1.29 is 9.59 Å². The molecule has 3 rings (SSSR count). The zero-order valence-electron chi connectivity index (χ0n) is 12.5. The van der Waals surface area contributed by atoms with Crippen LogP contribution in [0.15, 0.2) is 60.7 Å². The van der Waals surface area contributed by atoms with Gasteiger partial charge < -0.3 is 16.4 Å². The van der Waals surface area contributed by atoms with Crippen LogP contribution in [0.3, 0.4) is 0 Å². The first-order valence-corrected chi connectivity index (χ1v) is 7.57. The van der Waals surface area contributed by atoms with Gasteiger partial charge in [-0.15, -0.1) is 0 Å². The van der Waals surface area contributed by atoms with Crippen LogP contribution in [0.5, 0.6) is 0 Å². The van der Waals surface area contributed by atoms with E-state index in [0.717, 1.165) is 10.8 Å². The number of hydrogen-bond donors (Lipinski definition) is 3. The average Bonchev–Trinajstić information content (AvgIpc) is 2.57. The molecule has 0 unspecified atom stereocenters. The molecular formula is C18H14ClN3O2. The van der Waals surface area contributed by atoms with Gasteiger partial charge in [0.1, 0.15) is 0 Å². The van der Waals surface area contributed by atoms with E-state index in [-0.39, 0.29) is 5.02 Å². The summed E-state index contributed by atoms with van der Waals surface area (Å²) in [5.41, 5.74) is 6.96. The standard InChI is InChI=1S/C18H14ClN3O2/c19-14-10-12(20)8-9-16(14)22-18(24)17(23)21-15-7-3-5-11-4-1-2-6-13(11)15/h1-10H,20H2,(H,21,23)(H,22,24).